The molecular formula is C36H56O9. The Morgan fingerprint density at radius 2 is 1.82 bits per heavy atom. The van der Waals surface area contributed by atoms with E-state index in [-0.39, 0.29) is 46.6 Å². The number of carbonyl (C=O) groups is 4. The van der Waals surface area contributed by atoms with E-state index in [1.54, 1.807) is 13.8 Å². The normalized spacial score (nSPS) is 43.8. The molecule has 1 aliphatic heterocycles. The second kappa shape index (κ2) is 12.1. The van der Waals surface area contributed by atoms with Gasteiger partial charge in [-0.15, -0.1) is 0 Å². The van der Waals surface area contributed by atoms with E-state index in [1.165, 1.54) is 13.3 Å². The molecule has 1 N–H and O–H groups in total. The van der Waals surface area contributed by atoms with Crippen LogP contribution in [-0.4, -0.2) is 72.3 Å². The number of ether oxygens (including phenoxy) is 4. The molecule has 0 aromatic carbocycles. The maximum absolute atomic E-state index is 14.6. The molecule has 12 atom stereocenters. The van der Waals surface area contributed by atoms with Crippen LogP contribution in [0.4, 0.5) is 0 Å². The molecule has 0 bridgehead atoms. The Kier molecular flexibility index (Phi) is 9.31. The van der Waals surface area contributed by atoms with Gasteiger partial charge < -0.3 is 28.8 Å². The zero-order valence-corrected chi connectivity index (χ0v) is 28.6. The standard InChI is InChI=1S/C36H56O9/c1-21-18-24(31(33(5,6)41)43-22(2)39)44-29-28(21)34(7)14-11-23-19-36(23)15-12-26(45-27(20-38)42-17-16-37)32(3,4)25(36)10-9-13-35(34,8)30(29)40/h16,20-21,23-29,31,41H,9-15,17-19H2,1-8H3/t21-,23+,24?,25+,26+,27+,28+,29?,31+,34-,35-,36+/m1/s1. The lowest BCUT2D eigenvalue weighted by Gasteiger charge is -2.52. The second-order valence-corrected chi connectivity index (χ2v) is 16.7. The topological polar surface area (TPSA) is 125 Å². The average Bonchev–Trinajstić information content (AvgIpc) is 3.62. The third-order valence-electron chi connectivity index (χ3n) is 13.5. The van der Waals surface area contributed by atoms with E-state index in [1.807, 2.05) is 0 Å². The van der Waals surface area contributed by atoms with Gasteiger partial charge in [-0.2, -0.15) is 0 Å². The van der Waals surface area contributed by atoms with Gasteiger partial charge in [0, 0.05) is 18.3 Å². The summed E-state index contributed by atoms with van der Waals surface area (Å²) < 4.78 is 23.8. The Hall–Kier alpha value is -1.68. The molecule has 2 unspecified atom stereocenters. The van der Waals surface area contributed by atoms with Crippen molar-refractivity contribution in [2.24, 2.45) is 45.3 Å². The van der Waals surface area contributed by atoms with E-state index in [9.17, 15) is 24.3 Å². The highest BCUT2D eigenvalue weighted by atomic mass is 16.7. The fourth-order valence-electron chi connectivity index (χ4n) is 11.1. The highest BCUT2D eigenvalue weighted by molar-refractivity contribution is 5.92. The lowest BCUT2D eigenvalue weighted by atomic mass is 9.54. The number of hydrogen-bond donors (Lipinski definition) is 1. The number of aliphatic hydroxyl groups is 1. The summed E-state index contributed by atoms with van der Waals surface area (Å²) in [5.74, 6) is 0.861. The maximum atomic E-state index is 14.6. The number of fused-ring (bicyclic) bond motifs is 3. The Morgan fingerprint density at radius 1 is 1.11 bits per heavy atom. The molecule has 0 amide bonds. The molecule has 0 aromatic heterocycles. The summed E-state index contributed by atoms with van der Waals surface area (Å²) >= 11 is 0. The van der Waals surface area contributed by atoms with Gasteiger partial charge >= 0.3 is 5.97 Å². The van der Waals surface area contributed by atoms with Crippen LogP contribution in [0.3, 0.4) is 0 Å². The third-order valence-corrected chi connectivity index (χ3v) is 13.5. The lowest BCUT2D eigenvalue weighted by molar-refractivity contribution is -0.209. The average molecular weight is 633 g/mol. The summed E-state index contributed by atoms with van der Waals surface area (Å²) in [4.78, 5) is 49.0. The van der Waals surface area contributed by atoms with Gasteiger partial charge in [0.15, 0.2) is 18.2 Å². The predicted octanol–water partition coefficient (Wildman–Crippen LogP) is 5.23. The van der Waals surface area contributed by atoms with Crippen molar-refractivity contribution in [1.29, 1.82) is 0 Å². The highest BCUT2D eigenvalue weighted by Gasteiger charge is 2.70. The van der Waals surface area contributed by atoms with Crippen molar-refractivity contribution in [3.05, 3.63) is 0 Å². The van der Waals surface area contributed by atoms with Gasteiger partial charge in [-0.25, -0.2) is 0 Å². The zero-order valence-electron chi connectivity index (χ0n) is 28.6. The van der Waals surface area contributed by atoms with E-state index in [0.29, 0.717) is 30.8 Å². The minimum absolute atomic E-state index is 0.0585. The molecule has 0 radical (unpaired) electrons. The van der Waals surface area contributed by atoms with Crippen molar-refractivity contribution in [3.8, 4) is 0 Å². The van der Waals surface area contributed by atoms with Crippen molar-refractivity contribution < 1.29 is 43.2 Å². The number of Topliss-reactive ketones (excluding diaryl/α,β-unsaturated/α-hetero) is 1. The van der Waals surface area contributed by atoms with Gasteiger partial charge in [0.2, 0.25) is 6.29 Å². The Labute approximate surface area is 268 Å². The molecule has 5 rings (SSSR count). The van der Waals surface area contributed by atoms with Gasteiger partial charge in [0.05, 0.1) is 17.8 Å². The summed E-state index contributed by atoms with van der Waals surface area (Å²) in [5.41, 5.74) is -2.06. The molecule has 5 fully saturated rings. The van der Waals surface area contributed by atoms with E-state index >= 15 is 0 Å². The fraction of sp³-hybridized carbons (Fsp3) is 0.889. The largest absolute Gasteiger partial charge is 0.457 e. The van der Waals surface area contributed by atoms with Crippen molar-refractivity contribution in [2.75, 3.05) is 6.61 Å². The van der Waals surface area contributed by atoms with Crippen LogP contribution in [-0.2, 0) is 38.1 Å². The number of rotatable bonds is 9. The molecule has 1 spiro atoms. The SMILES string of the molecule is CC(=O)O[C@@H](C1C[C@@H](C)[C@H]2C(O1)C(=O)[C@@]1(C)CCC[C@H]3C(C)(C)[C@@H](O[C@@H](C=O)OCC=O)CC[C@@]34C[C@@H]4CC[C@]21C)C(C)(C)O. The first-order chi connectivity index (χ1) is 21.0. The van der Waals surface area contributed by atoms with E-state index in [0.717, 1.165) is 44.9 Å². The molecular weight excluding hydrogens is 576 g/mol. The minimum Gasteiger partial charge on any atom is -0.457 e. The van der Waals surface area contributed by atoms with Gasteiger partial charge in [0.1, 0.15) is 19.0 Å². The Morgan fingerprint density at radius 3 is 2.44 bits per heavy atom. The van der Waals surface area contributed by atoms with Crippen LogP contribution in [0.5, 0.6) is 0 Å². The Bertz CT molecular complexity index is 1160. The Balaban J connectivity index is 1.39. The third kappa shape index (κ3) is 5.76. The number of ketones is 1. The quantitative estimate of drug-likeness (QED) is 0.207. The molecule has 1 heterocycles. The summed E-state index contributed by atoms with van der Waals surface area (Å²) in [6.45, 7) is 15.6. The van der Waals surface area contributed by atoms with Crippen molar-refractivity contribution >= 4 is 24.3 Å². The van der Waals surface area contributed by atoms with Crippen LogP contribution in [0.2, 0.25) is 0 Å². The zero-order chi connectivity index (χ0) is 33.2. The highest BCUT2D eigenvalue weighted by Crippen LogP contribution is 2.73. The molecule has 5 aliphatic rings. The molecule has 9 nitrogen and oxygen atoms in total. The lowest BCUT2D eigenvalue weighted by Crippen LogP contribution is -2.55. The first-order valence-electron chi connectivity index (χ1n) is 17.2. The van der Waals surface area contributed by atoms with Gasteiger partial charge in [0.25, 0.3) is 0 Å². The summed E-state index contributed by atoms with van der Waals surface area (Å²) in [6.07, 6.45) is 6.41. The van der Waals surface area contributed by atoms with Crippen LogP contribution in [0, 0.1) is 45.3 Å². The fourth-order valence-corrected chi connectivity index (χ4v) is 11.1. The molecule has 45 heavy (non-hydrogen) atoms. The molecule has 254 valence electrons. The van der Waals surface area contributed by atoms with Crippen LogP contribution < -0.4 is 0 Å². The first-order valence-corrected chi connectivity index (χ1v) is 17.2. The van der Waals surface area contributed by atoms with Gasteiger partial charge in [-0.3, -0.25) is 14.4 Å². The van der Waals surface area contributed by atoms with Gasteiger partial charge in [-0.1, -0.05) is 41.0 Å². The second-order valence-electron chi connectivity index (χ2n) is 16.7. The van der Waals surface area contributed by atoms with Crippen molar-refractivity contribution in [3.63, 3.8) is 0 Å². The predicted molar refractivity (Wildman–Crippen MR) is 166 cm³/mol. The van der Waals surface area contributed by atoms with Crippen LogP contribution in [0.1, 0.15) is 113 Å². The molecule has 9 heteroatoms. The monoisotopic (exact) mass is 632 g/mol. The first kappa shape index (κ1) is 34.6. The maximum Gasteiger partial charge on any atom is 0.303 e. The van der Waals surface area contributed by atoms with Crippen LogP contribution in [0.25, 0.3) is 0 Å². The summed E-state index contributed by atoms with van der Waals surface area (Å²) in [5, 5.41) is 10.9. The number of aldehydes is 2. The van der Waals surface area contributed by atoms with Gasteiger partial charge in [-0.05, 0) is 99.2 Å². The van der Waals surface area contributed by atoms with Crippen molar-refractivity contribution in [1.82, 2.24) is 0 Å². The summed E-state index contributed by atoms with van der Waals surface area (Å²) in [6, 6.07) is 0. The number of carbonyl (C=O) groups excluding carboxylic acids is 4. The smallest absolute Gasteiger partial charge is 0.303 e. The number of esters is 1. The van der Waals surface area contributed by atoms with Crippen LogP contribution in [0.15, 0.2) is 0 Å². The van der Waals surface area contributed by atoms with Crippen LogP contribution >= 0.6 is 0 Å². The van der Waals surface area contributed by atoms with E-state index in [2.05, 4.69) is 34.6 Å². The molecule has 4 aliphatic carbocycles. The van der Waals surface area contributed by atoms with Crippen molar-refractivity contribution in [2.45, 2.75) is 149 Å². The number of hydrogen-bond acceptors (Lipinski definition) is 9. The summed E-state index contributed by atoms with van der Waals surface area (Å²) in [7, 11) is 0. The minimum atomic E-state index is -1.31. The molecule has 0 aromatic rings. The molecule has 4 saturated carbocycles. The van der Waals surface area contributed by atoms with E-state index < -0.39 is 41.6 Å². The van der Waals surface area contributed by atoms with E-state index in [4.69, 9.17) is 18.9 Å². The molecule has 1 saturated heterocycles.